The lowest BCUT2D eigenvalue weighted by Crippen LogP contribution is -2.24. The van der Waals surface area contributed by atoms with Crippen molar-refractivity contribution in [2.45, 2.75) is 37.2 Å². The Labute approximate surface area is 120 Å². The first kappa shape index (κ1) is 14.6. The number of carbonyl (C=O) groups is 1. The van der Waals surface area contributed by atoms with E-state index in [4.69, 9.17) is 4.42 Å². The first-order valence-corrected chi connectivity index (χ1v) is 6.99. The average molecular weight is 296 g/mol. The Bertz CT molecular complexity index is 600. The Kier molecular flexibility index (Phi) is 4.12. The molecule has 0 aliphatic carbocycles. The number of hydrogen-bond donors (Lipinski definition) is 0. The summed E-state index contributed by atoms with van der Waals surface area (Å²) in [6, 6.07) is 3.33. The van der Waals surface area contributed by atoms with Crippen LogP contribution in [0.3, 0.4) is 0 Å². The third kappa shape index (κ3) is 3.19. The molecule has 0 spiro atoms. The van der Waals surface area contributed by atoms with Crippen LogP contribution in [0.15, 0.2) is 21.7 Å². The highest BCUT2D eigenvalue weighted by Crippen LogP contribution is 2.25. The van der Waals surface area contributed by atoms with Crippen LogP contribution < -0.4 is 0 Å². The molecule has 0 bridgehead atoms. The highest BCUT2D eigenvalue weighted by atomic mass is 32.2. The second kappa shape index (κ2) is 5.66. The van der Waals surface area contributed by atoms with E-state index in [1.165, 1.54) is 18.9 Å². The summed E-state index contributed by atoms with van der Waals surface area (Å²) in [6.45, 7) is 6.07. The van der Waals surface area contributed by atoms with Gasteiger partial charge in [-0.1, -0.05) is 11.8 Å². The lowest BCUT2D eigenvalue weighted by molar-refractivity contribution is 0.0563. The number of ether oxygens (including phenoxy) is 1. The van der Waals surface area contributed by atoms with Gasteiger partial charge >= 0.3 is 5.97 Å². The predicted octanol–water partition coefficient (Wildman–Crippen LogP) is 2.10. The van der Waals surface area contributed by atoms with E-state index in [0.717, 1.165) is 0 Å². The lowest BCUT2D eigenvalue weighted by atomic mass is 10.1. The molecule has 20 heavy (non-hydrogen) atoms. The molecule has 0 aliphatic rings. The number of methoxy groups -OCH3 is 1. The molecule has 0 radical (unpaired) electrons. The van der Waals surface area contributed by atoms with Gasteiger partial charge in [0.2, 0.25) is 10.9 Å². The number of furan rings is 1. The number of carbonyl (C=O) groups excluding carboxylic acids is 1. The number of nitrogens with zero attached hydrogens (tertiary/aromatic N) is 4. The molecule has 2 rings (SSSR count). The molecule has 8 heteroatoms. The highest BCUT2D eigenvalue weighted by molar-refractivity contribution is 7.98. The topological polar surface area (TPSA) is 83.0 Å². The Morgan fingerprint density at radius 1 is 1.45 bits per heavy atom. The molecular formula is C12H16N4O3S. The third-order valence-corrected chi connectivity index (χ3v) is 3.41. The van der Waals surface area contributed by atoms with Gasteiger partial charge in [-0.15, -0.1) is 5.10 Å². The standard InChI is InChI=1S/C12H16N4O3S/c1-12(2,3)16-11(13-14-15-16)20-7-8-5-6-9(19-8)10(17)18-4/h5-6H,7H2,1-4H3. The molecule has 2 aromatic rings. The van der Waals surface area contributed by atoms with Crippen LogP contribution in [0, 0.1) is 0 Å². The van der Waals surface area contributed by atoms with Crippen LogP contribution in [-0.4, -0.2) is 33.3 Å². The number of hydrogen-bond acceptors (Lipinski definition) is 7. The second-order valence-corrected chi connectivity index (χ2v) is 6.03. The van der Waals surface area contributed by atoms with Crippen molar-refractivity contribution in [3.63, 3.8) is 0 Å². The average Bonchev–Trinajstić information content (AvgIpc) is 3.03. The predicted molar refractivity (Wildman–Crippen MR) is 72.4 cm³/mol. The zero-order chi connectivity index (χ0) is 14.8. The van der Waals surface area contributed by atoms with E-state index >= 15 is 0 Å². The molecule has 0 atom stereocenters. The van der Waals surface area contributed by atoms with E-state index < -0.39 is 5.97 Å². The second-order valence-electron chi connectivity index (χ2n) is 5.09. The Morgan fingerprint density at radius 2 is 2.20 bits per heavy atom. The van der Waals surface area contributed by atoms with E-state index in [2.05, 4.69) is 20.3 Å². The van der Waals surface area contributed by atoms with Gasteiger partial charge in [0.1, 0.15) is 5.76 Å². The Balaban J connectivity index is 2.04. The van der Waals surface area contributed by atoms with Crippen molar-refractivity contribution in [2.24, 2.45) is 0 Å². The minimum Gasteiger partial charge on any atom is -0.463 e. The van der Waals surface area contributed by atoms with Gasteiger partial charge in [0.15, 0.2) is 0 Å². The maximum absolute atomic E-state index is 11.3. The first-order valence-electron chi connectivity index (χ1n) is 6.00. The Morgan fingerprint density at radius 3 is 2.85 bits per heavy atom. The summed E-state index contributed by atoms with van der Waals surface area (Å²) in [7, 11) is 1.32. The smallest absolute Gasteiger partial charge is 0.373 e. The fourth-order valence-corrected chi connectivity index (χ4v) is 2.44. The van der Waals surface area contributed by atoms with Crippen LogP contribution in [0.5, 0.6) is 0 Å². The summed E-state index contributed by atoms with van der Waals surface area (Å²) in [5.41, 5.74) is -0.188. The molecule has 0 aliphatic heterocycles. The quantitative estimate of drug-likeness (QED) is 0.631. The minimum atomic E-state index is -0.485. The van der Waals surface area contributed by atoms with Crippen molar-refractivity contribution in [1.29, 1.82) is 0 Å². The SMILES string of the molecule is COC(=O)c1ccc(CSc2nnnn2C(C)(C)C)o1. The molecular weight excluding hydrogens is 280 g/mol. The van der Waals surface area contributed by atoms with Gasteiger partial charge in [-0.3, -0.25) is 0 Å². The monoisotopic (exact) mass is 296 g/mol. The fraction of sp³-hybridized carbons (Fsp3) is 0.500. The summed E-state index contributed by atoms with van der Waals surface area (Å²) < 4.78 is 11.7. The van der Waals surface area contributed by atoms with Gasteiger partial charge in [-0.2, -0.15) is 0 Å². The first-order chi connectivity index (χ1) is 9.41. The van der Waals surface area contributed by atoms with E-state index in [-0.39, 0.29) is 11.3 Å². The molecule has 2 aromatic heterocycles. The molecule has 0 saturated carbocycles. The van der Waals surface area contributed by atoms with Crippen LogP contribution in [0.2, 0.25) is 0 Å². The highest BCUT2D eigenvalue weighted by Gasteiger charge is 2.20. The van der Waals surface area contributed by atoms with Gasteiger partial charge in [0, 0.05) is 0 Å². The largest absolute Gasteiger partial charge is 0.463 e. The van der Waals surface area contributed by atoms with E-state index in [9.17, 15) is 4.79 Å². The number of aromatic nitrogens is 4. The van der Waals surface area contributed by atoms with Crippen molar-refractivity contribution in [3.05, 3.63) is 23.7 Å². The zero-order valence-electron chi connectivity index (χ0n) is 11.8. The summed E-state index contributed by atoms with van der Waals surface area (Å²) in [5.74, 6) is 0.908. The summed E-state index contributed by atoms with van der Waals surface area (Å²) in [5, 5.41) is 12.4. The lowest BCUT2D eigenvalue weighted by Gasteiger charge is -2.19. The van der Waals surface area contributed by atoms with Crippen LogP contribution in [0.4, 0.5) is 0 Å². The molecule has 7 nitrogen and oxygen atoms in total. The maximum atomic E-state index is 11.3. The van der Waals surface area contributed by atoms with Crippen LogP contribution in [0.25, 0.3) is 0 Å². The minimum absolute atomic E-state index is 0.188. The molecule has 0 saturated heterocycles. The van der Waals surface area contributed by atoms with Crippen molar-refractivity contribution in [2.75, 3.05) is 7.11 Å². The van der Waals surface area contributed by atoms with Gasteiger partial charge < -0.3 is 9.15 Å². The molecule has 0 fully saturated rings. The van der Waals surface area contributed by atoms with E-state index in [1.54, 1.807) is 16.8 Å². The van der Waals surface area contributed by atoms with Crippen molar-refractivity contribution in [1.82, 2.24) is 20.2 Å². The molecule has 0 N–H and O–H groups in total. The summed E-state index contributed by atoms with van der Waals surface area (Å²) in [4.78, 5) is 11.3. The molecule has 0 unspecified atom stereocenters. The van der Waals surface area contributed by atoms with Gasteiger partial charge in [-0.05, 0) is 43.3 Å². The third-order valence-electron chi connectivity index (χ3n) is 2.47. The van der Waals surface area contributed by atoms with Gasteiger partial charge in [0.05, 0.1) is 18.4 Å². The van der Waals surface area contributed by atoms with Crippen molar-refractivity contribution in [3.8, 4) is 0 Å². The summed E-state index contributed by atoms with van der Waals surface area (Å²) in [6.07, 6.45) is 0. The molecule has 0 aromatic carbocycles. The normalized spacial score (nSPS) is 11.6. The zero-order valence-corrected chi connectivity index (χ0v) is 12.6. The van der Waals surface area contributed by atoms with E-state index in [0.29, 0.717) is 16.7 Å². The molecule has 0 amide bonds. The van der Waals surface area contributed by atoms with Crippen LogP contribution in [-0.2, 0) is 16.0 Å². The maximum Gasteiger partial charge on any atom is 0.373 e. The van der Waals surface area contributed by atoms with Crippen LogP contribution >= 0.6 is 11.8 Å². The fourth-order valence-electron chi connectivity index (χ4n) is 1.49. The van der Waals surface area contributed by atoms with E-state index in [1.807, 2.05) is 20.8 Å². The summed E-state index contributed by atoms with van der Waals surface area (Å²) >= 11 is 1.45. The number of esters is 1. The molecule has 108 valence electrons. The Hall–Kier alpha value is -1.83. The number of tetrazole rings is 1. The van der Waals surface area contributed by atoms with Gasteiger partial charge in [0.25, 0.3) is 0 Å². The number of thioether (sulfide) groups is 1. The van der Waals surface area contributed by atoms with Crippen molar-refractivity contribution >= 4 is 17.7 Å². The van der Waals surface area contributed by atoms with Crippen LogP contribution in [0.1, 0.15) is 37.1 Å². The van der Waals surface area contributed by atoms with Crippen molar-refractivity contribution < 1.29 is 13.9 Å². The van der Waals surface area contributed by atoms with Gasteiger partial charge in [-0.25, -0.2) is 9.48 Å². The number of rotatable bonds is 4. The molecule has 2 heterocycles.